The number of halogens is 1. The van der Waals surface area contributed by atoms with Gasteiger partial charge in [0.2, 0.25) is 5.82 Å². The first kappa shape index (κ1) is 22.8. The van der Waals surface area contributed by atoms with E-state index in [0.29, 0.717) is 36.9 Å². The standard InChI is InChI=1S/C23H27FN4O5/c1-3-31-20-11-15(12-21(22(20)24)32-4-2)14-27-9-7-16(8-10-27)25-23-26-18-13-17(28(29)30)5-6-19(18)33-23/h5-6,11-13,16H,3-4,7-10,14H2,1-2H3,(H,25,26). The summed E-state index contributed by atoms with van der Waals surface area (Å²) in [6.45, 7) is 6.76. The highest BCUT2D eigenvalue weighted by atomic mass is 19.1. The van der Waals surface area contributed by atoms with Gasteiger partial charge in [0.05, 0.1) is 18.1 Å². The second-order valence-electron chi connectivity index (χ2n) is 7.90. The van der Waals surface area contributed by atoms with Gasteiger partial charge in [-0.3, -0.25) is 15.0 Å². The van der Waals surface area contributed by atoms with Crippen LogP contribution in [0.4, 0.5) is 16.1 Å². The molecule has 2 aromatic carbocycles. The topological polar surface area (TPSA) is 103 Å². The molecule has 1 aromatic heterocycles. The van der Waals surface area contributed by atoms with Crippen molar-refractivity contribution >= 4 is 22.8 Å². The molecule has 1 aliphatic rings. The number of anilines is 1. The van der Waals surface area contributed by atoms with E-state index in [1.807, 2.05) is 13.8 Å². The fourth-order valence-electron chi connectivity index (χ4n) is 4.00. The Labute approximate surface area is 190 Å². The molecule has 4 rings (SSSR count). The van der Waals surface area contributed by atoms with E-state index in [-0.39, 0.29) is 23.2 Å². The molecule has 0 atom stereocenters. The normalized spacial score (nSPS) is 15.0. The van der Waals surface area contributed by atoms with Gasteiger partial charge in [0.15, 0.2) is 17.1 Å². The molecule has 33 heavy (non-hydrogen) atoms. The molecule has 1 aliphatic heterocycles. The molecule has 0 spiro atoms. The average Bonchev–Trinajstić information content (AvgIpc) is 3.20. The molecule has 9 nitrogen and oxygen atoms in total. The number of fused-ring (bicyclic) bond motifs is 1. The Hall–Kier alpha value is -3.40. The quantitative estimate of drug-likeness (QED) is 0.362. The summed E-state index contributed by atoms with van der Waals surface area (Å²) in [7, 11) is 0. The minimum Gasteiger partial charge on any atom is -0.491 e. The fraction of sp³-hybridized carbons (Fsp3) is 0.435. The monoisotopic (exact) mass is 458 g/mol. The number of nitrogens with zero attached hydrogens (tertiary/aromatic N) is 3. The third-order valence-corrected chi connectivity index (χ3v) is 5.57. The first-order chi connectivity index (χ1) is 16.0. The highest BCUT2D eigenvalue weighted by molar-refractivity contribution is 5.77. The van der Waals surface area contributed by atoms with E-state index in [0.717, 1.165) is 31.5 Å². The van der Waals surface area contributed by atoms with Crippen molar-refractivity contribution in [3.8, 4) is 11.5 Å². The lowest BCUT2D eigenvalue weighted by Gasteiger charge is -2.32. The molecule has 0 unspecified atom stereocenters. The van der Waals surface area contributed by atoms with E-state index in [9.17, 15) is 14.5 Å². The van der Waals surface area contributed by atoms with Crippen molar-refractivity contribution in [2.45, 2.75) is 39.3 Å². The van der Waals surface area contributed by atoms with Crippen molar-refractivity contribution in [1.82, 2.24) is 9.88 Å². The molecular formula is C23H27FN4O5. The van der Waals surface area contributed by atoms with Crippen LogP contribution in [-0.4, -0.2) is 47.2 Å². The van der Waals surface area contributed by atoms with Crippen LogP contribution in [0.2, 0.25) is 0 Å². The highest BCUT2D eigenvalue weighted by Gasteiger charge is 2.22. The third kappa shape index (κ3) is 5.33. The SMILES string of the molecule is CCOc1cc(CN2CCC(Nc3nc4cc([N+](=O)[O-])ccc4o3)CC2)cc(OCC)c1F. The van der Waals surface area contributed by atoms with E-state index in [4.69, 9.17) is 13.9 Å². The van der Waals surface area contributed by atoms with Crippen LogP contribution in [0, 0.1) is 15.9 Å². The van der Waals surface area contributed by atoms with E-state index in [2.05, 4.69) is 15.2 Å². The maximum Gasteiger partial charge on any atom is 0.295 e. The van der Waals surface area contributed by atoms with E-state index in [1.165, 1.54) is 12.1 Å². The van der Waals surface area contributed by atoms with E-state index < -0.39 is 10.7 Å². The maximum absolute atomic E-state index is 14.5. The molecule has 10 heteroatoms. The lowest BCUT2D eigenvalue weighted by atomic mass is 10.0. The number of nitrogens with one attached hydrogen (secondary N) is 1. The summed E-state index contributed by atoms with van der Waals surface area (Å²) in [5.41, 5.74) is 1.88. The Morgan fingerprint density at radius 1 is 1.18 bits per heavy atom. The number of likely N-dealkylation sites (tertiary alicyclic amines) is 1. The van der Waals surface area contributed by atoms with Gasteiger partial charge in [0.1, 0.15) is 5.52 Å². The molecule has 1 saturated heterocycles. The number of rotatable bonds is 9. The number of hydrogen-bond acceptors (Lipinski definition) is 8. The number of oxazole rings is 1. The minimum atomic E-state index is -0.464. The summed E-state index contributed by atoms with van der Waals surface area (Å²) in [4.78, 5) is 17.1. The van der Waals surface area contributed by atoms with Crippen molar-refractivity contribution in [2.24, 2.45) is 0 Å². The van der Waals surface area contributed by atoms with Gasteiger partial charge < -0.3 is 19.2 Å². The first-order valence-electron chi connectivity index (χ1n) is 11.1. The number of ether oxygens (including phenoxy) is 2. The van der Waals surface area contributed by atoms with E-state index in [1.54, 1.807) is 18.2 Å². The Kier molecular flexibility index (Phi) is 6.93. The molecule has 0 amide bonds. The summed E-state index contributed by atoms with van der Waals surface area (Å²) in [6.07, 6.45) is 1.74. The van der Waals surface area contributed by atoms with Gasteiger partial charge in [0.25, 0.3) is 11.7 Å². The molecular weight excluding hydrogens is 431 g/mol. The zero-order valence-electron chi connectivity index (χ0n) is 18.7. The Morgan fingerprint density at radius 3 is 2.45 bits per heavy atom. The van der Waals surface area contributed by atoms with Crippen LogP contribution in [0.3, 0.4) is 0 Å². The molecule has 1 N–H and O–H groups in total. The Morgan fingerprint density at radius 2 is 1.85 bits per heavy atom. The number of nitro groups is 1. The summed E-state index contributed by atoms with van der Waals surface area (Å²) in [5, 5.41) is 14.2. The molecule has 0 saturated carbocycles. The van der Waals surface area contributed by atoms with Crippen molar-refractivity contribution in [2.75, 3.05) is 31.6 Å². The zero-order valence-corrected chi connectivity index (χ0v) is 18.7. The largest absolute Gasteiger partial charge is 0.491 e. The van der Waals surface area contributed by atoms with Gasteiger partial charge >= 0.3 is 0 Å². The highest BCUT2D eigenvalue weighted by Crippen LogP contribution is 2.30. The lowest BCUT2D eigenvalue weighted by molar-refractivity contribution is -0.384. The predicted molar refractivity (Wildman–Crippen MR) is 121 cm³/mol. The van der Waals surface area contributed by atoms with Crippen molar-refractivity contribution < 1.29 is 23.2 Å². The summed E-state index contributed by atoms with van der Waals surface area (Å²) in [6, 6.07) is 8.39. The second kappa shape index (κ2) is 10.0. The Bertz CT molecular complexity index is 1100. The molecule has 2 heterocycles. The van der Waals surface area contributed by atoms with Crippen molar-refractivity contribution in [3.63, 3.8) is 0 Å². The molecule has 3 aromatic rings. The van der Waals surface area contributed by atoms with Crippen LogP contribution in [0.15, 0.2) is 34.7 Å². The number of hydrogen-bond donors (Lipinski definition) is 1. The van der Waals surface area contributed by atoms with Crippen LogP contribution in [0.5, 0.6) is 11.5 Å². The van der Waals surface area contributed by atoms with Gasteiger partial charge in [0, 0.05) is 37.8 Å². The first-order valence-corrected chi connectivity index (χ1v) is 11.1. The smallest absolute Gasteiger partial charge is 0.295 e. The van der Waals surface area contributed by atoms with Gasteiger partial charge in [-0.05, 0) is 50.5 Å². The average molecular weight is 458 g/mol. The Balaban J connectivity index is 1.36. The number of aromatic nitrogens is 1. The molecule has 0 aliphatic carbocycles. The van der Waals surface area contributed by atoms with Gasteiger partial charge in [-0.1, -0.05) is 0 Å². The number of benzene rings is 2. The van der Waals surface area contributed by atoms with Crippen molar-refractivity contribution in [1.29, 1.82) is 0 Å². The molecule has 0 bridgehead atoms. The van der Waals surface area contributed by atoms with Crippen LogP contribution < -0.4 is 14.8 Å². The molecule has 0 radical (unpaired) electrons. The second-order valence-corrected chi connectivity index (χ2v) is 7.90. The number of piperidine rings is 1. The maximum atomic E-state index is 14.5. The van der Waals surface area contributed by atoms with Crippen LogP contribution in [-0.2, 0) is 6.54 Å². The van der Waals surface area contributed by atoms with Crippen LogP contribution in [0.1, 0.15) is 32.3 Å². The molecule has 176 valence electrons. The summed E-state index contributed by atoms with van der Waals surface area (Å²) < 4.78 is 31.1. The number of non-ortho nitro benzene ring substituents is 1. The minimum absolute atomic E-state index is 0.0172. The summed E-state index contributed by atoms with van der Waals surface area (Å²) in [5.74, 6) is -0.0357. The zero-order chi connectivity index (χ0) is 23.4. The van der Waals surface area contributed by atoms with Crippen molar-refractivity contribution in [3.05, 3.63) is 51.8 Å². The van der Waals surface area contributed by atoms with E-state index >= 15 is 0 Å². The van der Waals surface area contributed by atoms with Gasteiger partial charge in [-0.25, -0.2) is 0 Å². The van der Waals surface area contributed by atoms with Crippen LogP contribution >= 0.6 is 0 Å². The fourth-order valence-corrected chi connectivity index (χ4v) is 4.00. The number of nitro benzene ring substituents is 1. The van der Waals surface area contributed by atoms with Gasteiger partial charge in [-0.15, -0.1) is 0 Å². The lowest BCUT2D eigenvalue weighted by Crippen LogP contribution is -2.38. The predicted octanol–water partition coefficient (Wildman–Crippen LogP) is 4.75. The van der Waals surface area contributed by atoms with Gasteiger partial charge in [-0.2, -0.15) is 9.37 Å². The molecule has 1 fully saturated rings. The van der Waals surface area contributed by atoms with Crippen LogP contribution in [0.25, 0.3) is 11.1 Å². The third-order valence-electron chi connectivity index (χ3n) is 5.57. The summed E-state index contributed by atoms with van der Waals surface area (Å²) >= 11 is 0.